The molecule has 0 N–H and O–H groups in total. The van der Waals surface area contributed by atoms with E-state index in [2.05, 4.69) is 10.3 Å². The Kier molecular flexibility index (Phi) is 4.75. The van der Waals surface area contributed by atoms with E-state index in [1.807, 2.05) is 32.0 Å². The molecule has 0 bridgehead atoms. The number of rotatable bonds is 3. The third-order valence-corrected chi connectivity index (χ3v) is 5.41. The normalized spacial score (nSPS) is 17.1. The molecule has 6 nitrogen and oxygen atoms in total. The van der Waals surface area contributed by atoms with Crippen LogP contribution in [0.4, 0.5) is 4.39 Å². The standard InChI is InChI=1S/C21H23FN4O2/c1-13-14(2)24-28-20(13)17-12-25(3)23-19(17)18-9-4-5-10-26(18)21(27)15-7-6-8-16(22)11-15/h6-8,11-12,18H,4-5,9-10H2,1-3H3/t18-/m1/s1. The van der Waals surface area contributed by atoms with Crippen LogP contribution in [0.15, 0.2) is 35.0 Å². The number of benzene rings is 1. The van der Waals surface area contributed by atoms with Gasteiger partial charge in [0.2, 0.25) is 0 Å². The molecule has 0 unspecified atom stereocenters. The van der Waals surface area contributed by atoms with Crippen molar-refractivity contribution in [3.05, 3.63) is 58.8 Å². The smallest absolute Gasteiger partial charge is 0.254 e. The fourth-order valence-electron chi connectivity index (χ4n) is 3.84. The van der Waals surface area contributed by atoms with Gasteiger partial charge in [0.1, 0.15) is 5.82 Å². The van der Waals surface area contributed by atoms with Gasteiger partial charge in [-0.1, -0.05) is 11.2 Å². The monoisotopic (exact) mass is 382 g/mol. The third kappa shape index (κ3) is 3.21. The lowest BCUT2D eigenvalue weighted by molar-refractivity contribution is 0.0605. The molecular formula is C21H23FN4O2. The van der Waals surface area contributed by atoms with Crippen LogP contribution in [0.1, 0.15) is 52.6 Å². The predicted molar refractivity (Wildman–Crippen MR) is 102 cm³/mol. The summed E-state index contributed by atoms with van der Waals surface area (Å²) in [4.78, 5) is 15.0. The third-order valence-electron chi connectivity index (χ3n) is 5.41. The molecule has 28 heavy (non-hydrogen) atoms. The molecule has 1 saturated heterocycles. The Morgan fingerprint density at radius 3 is 2.82 bits per heavy atom. The van der Waals surface area contributed by atoms with Gasteiger partial charge < -0.3 is 9.42 Å². The van der Waals surface area contributed by atoms with Crippen molar-refractivity contribution in [3.8, 4) is 11.3 Å². The minimum absolute atomic E-state index is 0.175. The molecule has 1 aliphatic rings. The Morgan fingerprint density at radius 2 is 2.11 bits per heavy atom. The van der Waals surface area contributed by atoms with E-state index in [4.69, 9.17) is 4.52 Å². The molecule has 1 amide bonds. The zero-order valence-electron chi connectivity index (χ0n) is 16.3. The molecule has 0 radical (unpaired) electrons. The molecule has 1 fully saturated rings. The molecule has 3 aromatic rings. The first-order chi connectivity index (χ1) is 13.5. The van der Waals surface area contributed by atoms with Gasteiger partial charge in [-0.15, -0.1) is 0 Å². The average Bonchev–Trinajstić information content (AvgIpc) is 3.23. The van der Waals surface area contributed by atoms with Gasteiger partial charge in [-0.25, -0.2) is 4.39 Å². The molecule has 3 heterocycles. The highest BCUT2D eigenvalue weighted by molar-refractivity contribution is 5.94. The van der Waals surface area contributed by atoms with Crippen molar-refractivity contribution >= 4 is 5.91 Å². The second kappa shape index (κ2) is 7.22. The van der Waals surface area contributed by atoms with Gasteiger partial charge in [-0.3, -0.25) is 9.48 Å². The summed E-state index contributed by atoms with van der Waals surface area (Å²) < 4.78 is 20.9. The number of hydrogen-bond acceptors (Lipinski definition) is 4. The maximum atomic E-state index is 13.6. The molecule has 0 aliphatic carbocycles. The molecule has 7 heteroatoms. The first-order valence-corrected chi connectivity index (χ1v) is 9.49. The molecule has 146 valence electrons. The lowest BCUT2D eigenvalue weighted by atomic mass is 9.94. The van der Waals surface area contributed by atoms with Crippen molar-refractivity contribution in [1.82, 2.24) is 19.8 Å². The van der Waals surface area contributed by atoms with Crippen molar-refractivity contribution < 1.29 is 13.7 Å². The van der Waals surface area contributed by atoms with Crippen molar-refractivity contribution in [2.24, 2.45) is 7.05 Å². The lowest BCUT2D eigenvalue weighted by Crippen LogP contribution is -2.39. The van der Waals surface area contributed by atoms with E-state index in [-0.39, 0.29) is 11.9 Å². The topological polar surface area (TPSA) is 64.2 Å². The van der Waals surface area contributed by atoms with Crippen LogP contribution in [0.25, 0.3) is 11.3 Å². The van der Waals surface area contributed by atoms with Crippen molar-refractivity contribution in [1.29, 1.82) is 0 Å². The number of aromatic nitrogens is 3. The molecular weight excluding hydrogens is 359 g/mol. The summed E-state index contributed by atoms with van der Waals surface area (Å²) in [5, 5.41) is 8.73. The quantitative estimate of drug-likeness (QED) is 0.681. The molecule has 1 aromatic carbocycles. The van der Waals surface area contributed by atoms with Gasteiger partial charge in [0.15, 0.2) is 5.76 Å². The van der Waals surface area contributed by atoms with E-state index in [0.29, 0.717) is 17.9 Å². The van der Waals surface area contributed by atoms with E-state index in [0.717, 1.165) is 41.8 Å². The summed E-state index contributed by atoms with van der Waals surface area (Å²) in [6.45, 7) is 4.48. The van der Waals surface area contributed by atoms with E-state index in [1.54, 1.807) is 16.8 Å². The Hall–Kier alpha value is -2.96. The van der Waals surface area contributed by atoms with E-state index >= 15 is 0 Å². The number of amides is 1. The first kappa shape index (κ1) is 18.4. The SMILES string of the molecule is Cc1noc(-c2cn(C)nc2[C@H]2CCCCN2C(=O)c2cccc(F)c2)c1C. The Morgan fingerprint density at radius 1 is 1.29 bits per heavy atom. The molecule has 2 aromatic heterocycles. The average molecular weight is 382 g/mol. The van der Waals surface area contributed by atoms with Gasteiger partial charge in [-0.05, 0) is 51.3 Å². The summed E-state index contributed by atoms with van der Waals surface area (Å²) in [6, 6.07) is 5.66. The lowest BCUT2D eigenvalue weighted by Gasteiger charge is -2.35. The van der Waals surface area contributed by atoms with Gasteiger partial charge in [-0.2, -0.15) is 5.10 Å². The summed E-state index contributed by atoms with van der Waals surface area (Å²) in [6.07, 6.45) is 4.63. The van der Waals surface area contributed by atoms with Crippen LogP contribution in [-0.2, 0) is 7.05 Å². The summed E-state index contributed by atoms with van der Waals surface area (Å²) >= 11 is 0. The Labute approximate surface area is 162 Å². The predicted octanol–water partition coefficient (Wildman–Crippen LogP) is 4.20. The summed E-state index contributed by atoms with van der Waals surface area (Å²) in [5.41, 5.74) is 3.81. The highest BCUT2D eigenvalue weighted by Crippen LogP contribution is 2.38. The Balaban J connectivity index is 1.75. The van der Waals surface area contributed by atoms with Gasteiger partial charge >= 0.3 is 0 Å². The number of piperidine rings is 1. The summed E-state index contributed by atoms with van der Waals surface area (Å²) in [5.74, 6) is 0.0984. The number of carbonyl (C=O) groups is 1. The molecule has 1 aliphatic heterocycles. The minimum Gasteiger partial charge on any atom is -0.356 e. The number of hydrogen-bond donors (Lipinski definition) is 0. The number of halogens is 1. The van der Waals surface area contributed by atoms with Crippen molar-refractivity contribution in [2.75, 3.05) is 6.54 Å². The van der Waals surface area contributed by atoms with Crippen LogP contribution < -0.4 is 0 Å². The van der Waals surface area contributed by atoms with Crippen LogP contribution >= 0.6 is 0 Å². The van der Waals surface area contributed by atoms with Gasteiger partial charge in [0.05, 0.1) is 23.0 Å². The number of aryl methyl sites for hydroxylation is 2. The molecule has 4 rings (SSSR count). The first-order valence-electron chi connectivity index (χ1n) is 9.49. The van der Waals surface area contributed by atoms with Gasteiger partial charge in [0, 0.05) is 30.9 Å². The van der Waals surface area contributed by atoms with Crippen LogP contribution in [0.5, 0.6) is 0 Å². The number of likely N-dealkylation sites (tertiary alicyclic amines) is 1. The van der Waals surface area contributed by atoms with E-state index in [9.17, 15) is 9.18 Å². The fraction of sp³-hybridized carbons (Fsp3) is 0.381. The van der Waals surface area contributed by atoms with Crippen molar-refractivity contribution in [2.45, 2.75) is 39.2 Å². The van der Waals surface area contributed by atoms with Crippen LogP contribution in [-0.4, -0.2) is 32.3 Å². The zero-order chi connectivity index (χ0) is 19.8. The second-order valence-electron chi connectivity index (χ2n) is 7.34. The Bertz CT molecular complexity index is 1020. The molecule has 0 saturated carbocycles. The van der Waals surface area contributed by atoms with Crippen LogP contribution in [0.3, 0.4) is 0 Å². The van der Waals surface area contributed by atoms with Crippen LogP contribution in [0, 0.1) is 19.7 Å². The number of nitrogens with zero attached hydrogens (tertiary/aromatic N) is 4. The van der Waals surface area contributed by atoms with Crippen LogP contribution in [0.2, 0.25) is 0 Å². The highest BCUT2D eigenvalue weighted by Gasteiger charge is 2.33. The number of carbonyl (C=O) groups excluding carboxylic acids is 1. The summed E-state index contributed by atoms with van der Waals surface area (Å²) in [7, 11) is 1.85. The maximum absolute atomic E-state index is 13.6. The zero-order valence-corrected chi connectivity index (χ0v) is 16.3. The molecule has 1 atom stereocenters. The highest BCUT2D eigenvalue weighted by atomic mass is 19.1. The second-order valence-corrected chi connectivity index (χ2v) is 7.34. The minimum atomic E-state index is -0.411. The van der Waals surface area contributed by atoms with Gasteiger partial charge in [0.25, 0.3) is 5.91 Å². The van der Waals surface area contributed by atoms with E-state index in [1.165, 1.54) is 12.1 Å². The maximum Gasteiger partial charge on any atom is 0.254 e. The fourth-order valence-corrected chi connectivity index (χ4v) is 3.84. The van der Waals surface area contributed by atoms with E-state index < -0.39 is 5.82 Å². The molecule has 0 spiro atoms. The van der Waals surface area contributed by atoms with Crippen molar-refractivity contribution in [3.63, 3.8) is 0 Å². The largest absolute Gasteiger partial charge is 0.356 e.